The quantitative estimate of drug-likeness (QED) is 0.692. The average molecular weight is 180 g/mol. The summed E-state index contributed by atoms with van der Waals surface area (Å²) in [5.74, 6) is 0. The van der Waals surface area contributed by atoms with Gasteiger partial charge in [0.15, 0.2) is 0 Å². The minimum Gasteiger partial charge on any atom is -0.263 e. The van der Waals surface area contributed by atoms with Crippen LogP contribution >= 0.6 is 0 Å². The molecule has 0 aliphatic heterocycles. The molecule has 0 aliphatic rings. The predicted octanol–water partition coefficient (Wildman–Crippen LogP) is 3.05. The molecule has 0 N–H and O–H groups in total. The molecule has 14 heavy (non-hydrogen) atoms. The molecule has 1 aromatic carbocycles. The van der Waals surface area contributed by atoms with Crippen LogP contribution in [0, 0.1) is 6.07 Å². The van der Waals surface area contributed by atoms with E-state index in [1.165, 1.54) is 5.56 Å². The standard InChI is InChI=1S/C13H10N/c1-2-5-12(6-3-1)8-9-13-7-4-10-14-11-13/h1-3,5-11H. The van der Waals surface area contributed by atoms with E-state index in [1.807, 2.05) is 36.5 Å². The van der Waals surface area contributed by atoms with Gasteiger partial charge in [0.25, 0.3) is 0 Å². The van der Waals surface area contributed by atoms with Gasteiger partial charge in [0.1, 0.15) is 0 Å². The third kappa shape index (κ3) is 2.30. The molecular formula is C13H10N. The Bertz CT molecular complexity index is 362. The van der Waals surface area contributed by atoms with Crippen LogP contribution in [0.5, 0.6) is 0 Å². The molecule has 0 bridgehead atoms. The van der Waals surface area contributed by atoms with E-state index in [-0.39, 0.29) is 0 Å². The summed E-state index contributed by atoms with van der Waals surface area (Å²) in [6, 6.07) is 15.0. The third-order valence-electron chi connectivity index (χ3n) is 1.89. The number of nitrogens with zero attached hydrogens (tertiary/aromatic N) is 1. The van der Waals surface area contributed by atoms with Gasteiger partial charge in [-0.1, -0.05) is 42.5 Å². The summed E-state index contributed by atoms with van der Waals surface area (Å²) in [6.07, 6.45) is 7.56. The van der Waals surface area contributed by atoms with Crippen LogP contribution in [0.25, 0.3) is 12.2 Å². The Balaban J connectivity index is 2.16. The van der Waals surface area contributed by atoms with Crippen molar-refractivity contribution in [3.63, 3.8) is 0 Å². The van der Waals surface area contributed by atoms with Crippen molar-refractivity contribution in [1.82, 2.24) is 4.98 Å². The highest BCUT2D eigenvalue weighted by Crippen LogP contribution is 2.05. The van der Waals surface area contributed by atoms with Crippen LogP contribution in [0.1, 0.15) is 11.1 Å². The molecule has 2 aromatic rings. The zero-order valence-corrected chi connectivity index (χ0v) is 7.72. The zero-order valence-electron chi connectivity index (χ0n) is 7.72. The van der Waals surface area contributed by atoms with Gasteiger partial charge in [-0.15, -0.1) is 0 Å². The molecular weight excluding hydrogens is 170 g/mol. The van der Waals surface area contributed by atoms with E-state index in [2.05, 4.69) is 29.3 Å². The van der Waals surface area contributed by atoms with E-state index in [1.54, 1.807) is 6.20 Å². The normalized spacial score (nSPS) is 10.6. The molecule has 1 aromatic heterocycles. The minimum atomic E-state index is 1.07. The summed E-state index contributed by atoms with van der Waals surface area (Å²) in [4.78, 5) is 3.99. The van der Waals surface area contributed by atoms with Crippen molar-refractivity contribution in [2.75, 3.05) is 0 Å². The Morgan fingerprint density at radius 1 is 1.00 bits per heavy atom. The summed E-state index contributed by atoms with van der Waals surface area (Å²) in [7, 11) is 0. The molecule has 2 rings (SSSR count). The summed E-state index contributed by atoms with van der Waals surface area (Å²) >= 11 is 0. The lowest BCUT2D eigenvalue weighted by molar-refractivity contribution is 1.31. The van der Waals surface area contributed by atoms with Crippen LogP contribution in [-0.4, -0.2) is 4.98 Å². The van der Waals surface area contributed by atoms with Crippen molar-refractivity contribution < 1.29 is 0 Å². The Morgan fingerprint density at radius 3 is 2.50 bits per heavy atom. The molecule has 1 heteroatoms. The maximum absolute atomic E-state index is 3.99. The van der Waals surface area contributed by atoms with Crippen molar-refractivity contribution in [3.8, 4) is 0 Å². The summed E-state index contributed by atoms with van der Waals surface area (Å²) < 4.78 is 0. The molecule has 0 unspecified atom stereocenters. The number of rotatable bonds is 2. The van der Waals surface area contributed by atoms with Gasteiger partial charge in [-0.3, -0.25) is 4.98 Å². The summed E-state index contributed by atoms with van der Waals surface area (Å²) in [5.41, 5.74) is 2.26. The summed E-state index contributed by atoms with van der Waals surface area (Å²) in [6.45, 7) is 0. The Morgan fingerprint density at radius 2 is 1.79 bits per heavy atom. The van der Waals surface area contributed by atoms with Crippen LogP contribution in [0.2, 0.25) is 0 Å². The second-order valence-electron chi connectivity index (χ2n) is 2.96. The van der Waals surface area contributed by atoms with Crippen molar-refractivity contribution in [1.29, 1.82) is 0 Å². The fraction of sp³-hybridized carbons (Fsp3) is 0. The van der Waals surface area contributed by atoms with E-state index >= 15 is 0 Å². The zero-order chi connectivity index (χ0) is 9.64. The van der Waals surface area contributed by atoms with Gasteiger partial charge in [-0.2, -0.15) is 0 Å². The van der Waals surface area contributed by atoms with Crippen molar-refractivity contribution in [3.05, 3.63) is 66.0 Å². The molecule has 0 saturated carbocycles. The highest BCUT2D eigenvalue weighted by atomic mass is 14.6. The maximum atomic E-state index is 3.99. The van der Waals surface area contributed by atoms with Gasteiger partial charge >= 0.3 is 0 Å². The van der Waals surface area contributed by atoms with Gasteiger partial charge in [-0.25, -0.2) is 0 Å². The van der Waals surface area contributed by atoms with Gasteiger partial charge < -0.3 is 0 Å². The molecule has 1 nitrogen and oxygen atoms in total. The smallest absolute Gasteiger partial charge is 0.0347 e. The second-order valence-corrected chi connectivity index (χ2v) is 2.96. The lowest BCUT2D eigenvalue weighted by Crippen LogP contribution is -1.74. The second kappa shape index (κ2) is 4.38. The SMILES string of the molecule is [c]1cncc(C=Cc2ccccc2)c1. The van der Waals surface area contributed by atoms with E-state index < -0.39 is 0 Å². The van der Waals surface area contributed by atoms with Gasteiger partial charge in [0.2, 0.25) is 0 Å². The lowest BCUT2D eigenvalue weighted by atomic mass is 10.2. The Hall–Kier alpha value is -1.89. The van der Waals surface area contributed by atoms with Crippen LogP contribution in [-0.2, 0) is 0 Å². The monoisotopic (exact) mass is 180 g/mol. The van der Waals surface area contributed by atoms with Crippen LogP contribution in [0.15, 0.2) is 48.8 Å². The third-order valence-corrected chi connectivity index (χ3v) is 1.89. The minimum absolute atomic E-state index is 1.07. The lowest BCUT2D eigenvalue weighted by Gasteiger charge is -1.92. The number of pyridine rings is 1. The highest BCUT2D eigenvalue weighted by molar-refractivity contribution is 5.68. The van der Waals surface area contributed by atoms with Crippen LogP contribution in [0.4, 0.5) is 0 Å². The van der Waals surface area contributed by atoms with Gasteiger partial charge in [0, 0.05) is 18.5 Å². The first kappa shape index (κ1) is 8.70. The molecule has 0 spiro atoms. The number of hydrogen-bond acceptors (Lipinski definition) is 1. The maximum Gasteiger partial charge on any atom is 0.0347 e. The first-order valence-electron chi connectivity index (χ1n) is 4.49. The van der Waals surface area contributed by atoms with Gasteiger partial charge in [0.05, 0.1) is 0 Å². The molecule has 0 atom stereocenters. The molecule has 67 valence electrons. The van der Waals surface area contributed by atoms with Gasteiger partial charge in [-0.05, 0) is 17.2 Å². The van der Waals surface area contributed by atoms with E-state index in [0.29, 0.717) is 0 Å². The Labute approximate surface area is 83.7 Å². The predicted molar refractivity (Wildman–Crippen MR) is 58.4 cm³/mol. The molecule has 1 heterocycles. The molecule has 0 fully saturated rings. The van der Waals surface area contributed by atoms with E-state index in [9.17, 15) is 0 Å². The first-order chi connectivity index (χ1) is 6.95. The number of hydrogen-bond donors (Lipinski definition) is 0. The number of aromatic nitrogens is 1. The topological polar surface area (TPSA) is 12.9 Å². The molecule has 0 aliphatic carbocycles. The van der Waals surface area contributed by atoms with Crippen molar-refractivity contribution >= 4 is 12.2 Å². The molecule has 0 saturated heterocycles. The van der Waals surface area contributed by atoms with Crippen LogP contribution in [0.3, 0.4) is 0 Å². The van der Waals surface area contributed by atoms with E-state index in [4.69, 9.17) is 0 Å². The van der Waals surface area contributed by atoms with Crippen LogP contribution < -0.4 is 0 Å². The fourth-order valence-corrected chi connectivity index (χ4v) is 1.18. The summed E-state index contributed by atoms with van der Waals surface area (Å²) in [5, 5.41) is 0. The van der Waals surface area contributed by atoms with E-state index in [0.717, 1.165) is 5.56 Å². The average Bonchev–Trinajstić information content (AvgIpc) is 2.29. The Kier molecular flexibility index (Phi) is 2.72. The molecule has 1 radical (unpaired) electrons. The first-order valence-corrected chi connectivity index (χ1v) is 4.49. The van der Waals surface area contributed by atoms with Crippen molar-refractivity contribution in [2.24, 2.45) is 0 Å². The fourth-order valence-electron chi connectivity index (χ4n) is 1.18. The number of benzene rings is 1. The van der Waals surface area contributed by atoms with Crippen molar-refractivity contribution in [2.45, 2.75) is 0 Å². The largest absolute Gasteiger partial charge is 0.263 e. The molecule has 0 amide bonds. The highest BCUT2D eigenvalue weighted by Gasteiger charge is 1.85.